The number of hydrogen-bond donors (Lipinski definition) is 1. The van der Waals surface area contributed by atoms with Gasteiger partial charge in [-0.2, -0.15) is 5.26 Å². The Morgan fingerprint density at radius 1 is 1.30 bits per heavy atom. The van der Waals surface area contributed by atoms with Gasteiger partial charge in [-0.05, 0) is 25.0 Å². The third kappa shape index (κ3) is 4.82. The minimum Gasteiger partial charge on any atom is -0.381 e. The molecule has 0 amide bonds. The summed E-state index contributed by atoms with van der Waals surface area (Å²) in [5.41, 5.74) is 2.48. The molecule has 1 atom stereocenters. The molecule has 0 fully saturated rings. The molecule has 1 heterocycles. The Bertz CT molecular complexity index is 701. The number of nitrogens with zero attached hydrogens (tertiary/aromatic N) is 4. The maximum absolute atomic E-state index is 9.45. The summed E-state index contributed by atoms with van der Waals surface area (Å²) in [5, 5.41) is 12.8. The first-order valence-electron chi connectivity index (χ1n) is 7.50. The minimum absolute atomic E-state index is 0.192. The van der Waals surface area contributed by atoms with Crippen LogP contribution in [0.3, 0.4) is 0 Å². The molecule has 0 aliphatic heterocycles. The molecule has 2 aromatic rings. The molecule has 0 aliphatic carbocycles. The van der Waals surface area contributed by atoms with E-state index in [0.717, 1.165) is 12.1 Å². The van der Waals surface area contributed by atoms with Crippen LogP contribution < -0.4 is 5.32 Å². The van der Waals surface area contributed by atoms with Crippen LogP contribution in [0.2, 0.25) is 0 Å². The van der Waals surface area contributed by atoms with Crippen molar-refractivity contribution in [2.45, 2.75) is 19.4 Å². The summed E-state index contributed by atoms with van der Waals surface area (Å²) in [6.07, 6.45) is 4.19. The highest BCUT2D eigenvalue weighted by molar-refractivity contribution is 5.70. The van der Waals surface area contributed by atoms with E-state index >= 15 is 0 Å². The van der Waals surface area contributed by atoms with E-state index in [4.69, 9.17) is 0 Å². The highest BCUT2D eigenvalue weighted by atomic mass is 15.1. The summed E-state index contributed by atoms with van der Waals surface area (Å²) < 4.78 is 0. The van der Waals surface area contributed by atoms with Gasteiger partial charge in [0.25, 0.3) is 0 Å². The Balaban J connectivity index is 2.16. The van der Waals surface area contributed by atoms with Crippen LogP contribution in [0.4, 0.5) is 11.5 Å². The van der Waals surface area contributed by atoms with Crippen LogP contribution in [0, 0.1) is 11.3 Å². The molecule has 118 valence electrons. The minimum atomic E-state index is 0.192. The smallest absolute Gasteiger partial charge is 0.173 e. The van der Waals surface area contributed by atoms with E-state index in [-0.39, 0.29) is 6.04 Å². The maximum atomic E-state index is 9.45. The Morgan fingerprint density at radius 2 is 2.04 bits per heavy atom. The summed E-state index contributed by atoms with van der Waals surface area (Å²) in [6, 6.07) is 14.5. The van der Waals surface area contributed by atoms with Crippen LogP contribution in [-0.2, 0) is 6.42 Å². The quantitative estimate of drug-likeness (QED) is 0.657. The van der Waals surface area contributed by atoms with Crippen molar-refractivity contribution in [1.82, 2.24) is 9.88 Å². The van der Waals surface area contributed by atoms with Gasteiger partial charge in [0.1, 0.15) is 11.6 Å². The zero-order valence-electron chi connectivity index (χ0n) is 13.7. The molecule has 0 spiro atoms. The van der Waals surface area contributed by atoms with Gasteiger partial charge in [-0.1, -0.05) is 30.3 Å². The maximum Gasteiger partial charge on any atom is 0.173 e. The van der Waals surface area contributed by atoms with Gasteiger partial charge in [0, 0.05) is 26.3 Å². The summed E-state index contributed by atoms with van der Waals surface area (Å²) >= 11 is 0. The molecule has 5 nitrogen and oxygen atoms in total. The van der Waals surface area contributed by atoms with Gasteiger partial charge in [-0.15, -0.1) is 0 Å². The van der Waals surface area contributed by atoms with E-state index in [2.05, 4.69) is 40.4 Å². The SMILES string of the molecule is CC(Cc1ccccc1)Nc1ccnc(N=CN(C)C)c1C#N. The second kappa shape index (κ2) is 7.95. The van der Waals surface area contributed by atoms with Gasteiger partial charge in [-0.3, -0.25) is 0 Å². The molecular formula is C18H21N5. The molecule has 0 aliphatic rings. The molecule has 1 aromatic heterocycles. The average Bonchev–Trinajstić information content (AvgIpc) is 2.53. The van der Waals surface area contributed by atoms with Crippen LogP contribution in [0.1, 0.15) is 18.1 Å². The Hall–Kier alpha value is -2.87. The van der Waals surface area contributed by atoms with E-state index in [1.165, 1.54) is 5.56 Å². The third-order valence-electron chi connectivity index (χ3n) is 3.24. The fourth-order valence-electron chi connectivity index (χ4n) is 2.23. The number of rotatable bonds is 6. The number of pyridine rings is 1. The number of aromatic nitrogens is 1. The van der Waals surface area contributed by atoms with Crippen molar-refractivity contribution in [3.8, 4) is 6.07 Å². The highest BCUT2D eigenvalue weighted by Crippen LogP contribution is 2.24. The van der Waals surface area contributed by atoms with Crippen molar-refractivity contribution < 1.29 is 0 Å². The molecule has 0 saturated carbocycles. The molecular weight excluding hydrogens is 286 g/mol. The van der Waals surface area contributed by atoms with Crippen molar-refractivity contribution in [2.24, 2.45) is 4.99 Å². The molecule has 23 heavy (non-hydrogen) atoms. The van der Waals surface area contributed by atoms with Crippen LogP contribution >= 0.6 is 0 Å². The van der Waals surface area contributed by atoms with Gasteiger partial charge in [0.15, 0.2) is 5.82 Å². The third-order valence-corrected chi connectivity index (χ3v) is 3.24. The van der Waals surface area contributed by atoms with Gasteiger partial charge < -0.3 is 10.2 Å². The van der Waals surface area contributed by atoms with Gasteiger partial charge in [0.2, 0.25) is 0 Å². The fraction of sp³-hybridized carbons (Fsp3) is 0.278. The lowest BCUT2D eigenvalue weighted by atomic mass is 10.1. The largest absolute Gasteiger partial charge is 0.381 e. The van der Waals surface area contributed by atoms with Gasteiger partial charge >= 0.3 is 0 Å². The topological polar surface area (TPSA) is 64.3 Å². The molecule has 0 bridgehead atoms. The molecule has 1 aromatic carbocycles. The molecule has 1 N–H and O–H groups in total. The van der Waals surface area contributed by atoms with E-state index in [9.17, 15) is 5.26 Å². The van der Waals surface area contributed by atoms with E-state index in [1.807, 2.05) is 38.4 Å². The first-order chi connectivity index (χ1) is 11.1. The zero-order valence-corrected chi connectivity index (χ0v) is 13.7. The Kier molecular flexibility index (Phi) is 5.70. The standard InChI is InChI=1S/C18H21N5/c1-14(11-15-7-5-4-6-8-15)22-17-9-10-20-18(16(17)12-19)21-13-23(2)3/h4-10,13-14H,11H2,1-3H3,(H,20,22). The predicted molar refractivity (Wildman–Crippen MR) is 94.0 cm³/mol. The van der Waals surface area contributed by atoms with Crippen LogP contribution in [-0.4, -0.2) is 36.4 Å². The normalized spacial score (nSPS) is 11.9. The summed E-state index contributed by atoms with van der Waals surface area (Å²) in [5.74, 6) is 0.429. The average molecular weight is 307 g/mol. The molecule has 0 saturated heterocycles. The number of anilines is 1. The highest BCUT2D eigenvalue weighted by Gasteiger charge is 2.11. The predicted octanol–water partition coefficient (Wildman–Crippen LogP) is 3.22. The first-order valence-corrected chi connectivity index (χ1v) is 7.50. The second-order valence-corrected chi connectivity index (χ2v) is 5.61. The number of hydrogen-bond acceptors (Lipinski definition) is 4. The fourth-order valence-corrected chi connectivity index (χ4v) is 2.23. The molecule has 5 heteroatoms. The number of aliphatic imine (C=N–C) groups is 1. The van der Waals surface area contributed by atoms with Crippen molar-refractivity contribution in [1.29, 1.82) is 5.26 Å². The van der Waals surface area contributed by atoms with Crippen molar-refractivity contribution in [2.75, 3.05) is 19.4 Å². The number of benzene rings is 1. The van der Waals surface area contributed by atoms with E-state index in [0.29, 0.717) is 11.4 Å². The summed E-state index contributed by atoms with van der Waals surface area (Å²) in [4.78, 5) is 10.2. The lowest BCUT2D eigenvalue weighted by molar-refractivity contribution is 0.643. The van der Waals surface area contributed by atoms with Crippen LogP contribution in [0.15, 0.2) is 47.6 Å². The lowest BCUT2D eigenvalue weighted by Crippen LogP contribution is -2.19. The Morgan fingerprint density at radius 3 is 2.70 bits per heavy atom. The van der Waals surface area contributed by atoms with E-state index < -0.39 is 0 Å². The van der Waals surface area contributed by atoms with E-state index in [1.54, 1.807) is 17.4 Å². The van der Waals surface area contributed by atoms with Crippen LogP contribution in [0.5, 0.6) is 0 Å². The van der Waals surface area contributed by atoms with Crippen molar-refractivity contribution >= 4 is 17.8 Å². The number of nitriles is 1. The summed E-state index contributed by atoms with van der Waals surface area (Å²) in [6.45, 7) is 2.09. The van der Waals surface area contributed by atoms with Crippen molar-refractivity contribution in [3.05, 3.63) is 53.7 Å². The molecule has 1 unspecified atom stereocenters. The second-order valence-electron chi connectivity index (χ2n) is 5.61. The first kappa shape index (κ1) is 16.5. The van der Waals surface area contributed by atoms with Crippen LogP contribution in [0.25, 0.3) is 0 Å². The zero-order chi connectivity index (χ0) is 16.7. The Labute approximate surface area is 137 Å². The lowest BCUT2D eigenvalue weighted by Gasteiger charge is -2.16. The number of nitrogens with one attached hydrogen (secondary N) is 1. The molecule has 2 rings (SSSR count). The van der Waals surface area contributed by atoms with Gasteiger partial charge in [0.05, 0.1) is 12.0 Å². The van der Waals surface area contributed by atoms with Gasteiger partial charge in [-0.25, -0.2) is 9.98 Å². The molecule has 0 radical (unpaired) electrons. The monoisotopic (exact) mass is 307 g/mol. The van der Waals surface area contributed by atoms with Crippen molar-refractivity contribution in [3.63, 3.8) is 0 Å². The summed E-state index contributed by atoms with van der Waals surface area (Å²) in [7, 11) is 3.75.